The Labute approximate surface area is 101 Å². The largest absolute Gasteiger partial charge is 0.463 e. The SMILES string of the molecule is COC(=O)c1ncn(CCCC2CCCC2)n1. The van der Waals surface area contributed by atoms with Crippen molar-refractivity contribution < 1.29 is 9.53 Å². The number of ether oxygens (including phenoxy) is 1. The minimum Gasteiger partial charge on any atom is -0.463 e. The third-order valence-corrected chi connectivity index (χ3v) is 3.38. The molecule has 1 aromatic heterocycles. The van der Waals surface area contributed by atoms with Crippen LogP contribution >= 0.6 is 0 Å². The van der Waals surface area contributed by atoms with Gasteiger partial charge in [-0.25, -0.2) is 9.78 Å². The summed E-state index contributed by atoms with van der Waals surface area (Å²) in [5, 5.41) is 4.08. The number of aromatic nitrogens is 3. The second-order valence-corrected chi connectivity index (χ2v) is 4.62. The molecule has 1 heterocycles. The van der Waals surface area contributed by atoms with Crippen LogP contribution in [-0.2, 0) is 11.3 Å². The van der Waals surface area contributed by atoms with Crippen LogP contribution in [0.5, 0.6) is 0 Å². The lowest BCUT2D eigenvalue weighted by molar-refractivity contribution is 0.0586. The predicted octanol–water partition coefficient (Wildman–Crippen LogP) is 2.04. The first kappa shape index (κ1) is 12.1. The van der Waals surface area contributed by atoms with Gasteiger partial charge in [0.2, 0.25) is 0 Å². The molecule has 94 valence electrons. The van der Waals surface area contributed by atoms with E-state index < -0.39 is 5.97 Å². The Morgan fingerprint density at radius 3 is 3.00 bits per heavy atom. The molecule has 0 radical (unpaired) electrons. The summed E-state index contributed by atoms with van der Waals surface area (Å²) in [5.41, 5.74) is 0. The minimum atomic E-state index is -0.473. The second-order valence-electron chi connectivity index (χ2n) is 4.62. The summed E-state index contributed by atoms with van der Waals surface area (Å²) >= 11 is 0. The molecule has 0 spiro atoms. The van der Waals surface area contributed by atoms with Gasteiger partial charge in [0.1, 0.15) is 6.33 Å². The first-order chi connectivity index (χ1) is 8.29. The van der Waals surface area contributed by atoms with Crippen molar-refractivity contribution in [3.8, 4) is 0 Å². The third-order valence-electron chi connectivity index (χ3n) is 3.38. The molecule has 0 aliphatic heterocycles. The maximum absolute atomic E-state index is 11.1. The fourth-order valence-corrected chi connectivity index (χ4v) is 2.43. The van der Waals surface area contributed by atoms with Gasteiger partial charge in [-0.2, -0.15) is 0 Å². The van der Waals surface area contributed by atoms with Crippen molar-refractivity contribution in [1.29, 1.82) is 0 Å². The number of rotatable bonds is 5. The first-order valence-corrected chi connectivity index (χ1v) is 6.27. The van der Waals surface area contributed by atoms with Gasteiger partial charge in [-0.15, -0.1) is 5.10 Å². The highest BCUT2D eigenvalue weighted by molar-refractivity contribution is 5.84. The summed E-state index contributed by atoms with van der Waals surface area (Å²) in [6.07, 6.45) is 9.50. The third kappa shape index (κ3) is 3.28. The van der Waals surface area contributed by atoms with Crippen molar-refractivity contribution in [3.05, 3.63) is 12.2 Å². The molecular formula is C12H19N3O2. The molecule has 0 saturated heterocycles. The lowest BCUT2D eigenvalue weighted by Gasteiger charge is -2.07. The topological polar surface area (TPSA) is 57.0 Å². The number of hydrogen-bond acceptors (Lipinski definition) is 4. The van der Waals surface area contributed by atoms with E-state index in [0.29, 0.717) is 0 Å². The molecule has 0 amide bonds. The van der Waals surface area contributed by atoms with E-state index in [-0.39, 0.29) is 5.82 Å². The van der Waals surface area contributed by atoms with Crippen LogP contribution in [0.1, 0.15) is 49.1 Å². The maximum atomic E-state index is 11.1. The van der Waals surface area contributed by atoms with Gasteiger partial charge in [-0.1, -0.05) is 25.7 Å². The van der Waals surface area contributed by atoms with Crippen LogP contribution in [0.25, 0.3) is 0 Å². The van der Waals surface area contributed by atoms with Crippen molar-refractivity contribution in [1.82, 2.24) is 14.8 Å². The summed E-state index contributed by atoms with van der Waals surface area (Å²) in [5.74, 6) is 0.575. The highest BCUT2D eigenvalue weighted by Crippen LogP contribution is 2.28. The molecule has 5 nitrogen and oxygen atoms in total. The van der Waals surface area contributed by atoms with Crippen molar-refractivity contribution in [2.75, 3.05) is 7.11 Å². The van der Waals surface area contributed by atoms with Crippen molar-refractivity contribution >= 4 is 5.97 Å². The molecule has 0 N–H and O–H groups in total. The molecule has 1 aliphatic carbocycles. The molecule has 1 aliphatic rings. The fraction of sp³-hybridized carbons (Fsp3) is 0.750. The Balaban J connectivity index is 1.74. The lowest BCUT2D eigenvalue weighted by atomic mass is 10.0. The smallest absolute Gasteiger partial charge is 0.377 e. The summed E-state index contributed by atoms with van der Waals surface area (Å²) in [6.45, 7) is 0.834. The van der Waals surface area contributed by atoms with Gasteiger partial charge in [0.15, 0.2) is 0 Å². The Hall–Kier alpha value is -1.39. The predicted molar refractivity (Wildman–Crippen MR) is 62.6 cm³/mol. The molecule has 2 rings (SSSR count). The van der Waals surface area contributed by atoms with Crippen molar-refractivity contribution in [3.63, 3.8) is 0 Å². The Kier molecular flexibility index (Phi) is 4.12. The van der Waals surface area contributed by atoms with Gasteiger partial charge >= 0.3 is 5.97 Å². The van der Waals surface area contributed by atoms with Gasteiger partial charge in [0.05, 0.1) is 7.11 Å². The number of carbonyl (C=O) groups excluding carboxylic acids is 1. The van der Waals surface area contributed by atoms with Gasteiger partial charge in [0, 0.05) is 6.54 Å². The van der Waals surface area contributed by atoms with Gasteiger partial charge < -0.3 is 4.74 Å². The zero-order valence-electron chi connectivity index (χ0n) is 10.3. The second kappa shape index (κ2) is 5.80. The zero-order chi connectivity index (χ0) is 12.1. The molecule has 1 saturated carbocycles. The van der Waals surface area contributed by atoms with Crippen LogP contribution in [0.15, 0.2) is 6.33 Å². The van der Waals surface area contributed by atoms with Crippen molar-refractivity contribution in [2.45, 2.75) is 45.1 Å². The lowest BCUT2D eigenvalue weighted by Crippen LogP contribution is -2.06. The number of esters is 1. The molecule has 0 unspecified atom stereocenters. The average molecular weight is 237 g/mol. The Bertz CT molecular complexity index is 370. The summed E-state index contributed by atoms with van der Waals surface area (Å²) in [6, 6.07) is 0. The van der Waals surface area contributed by atoms with Crippen LogP contribution in [0.3, 0.4) is 0 Å². The van der Waals surface area contributed by atoms with Crippen molar-refractivity contribution in [2.24, 2.45) is 5.92 Å². The maximum Gasteiger partial charge on any atom is 0.377 e. The van der Waals surface area contributed by atoms with E-state index in [1.54, 1.807) is 11.0 Å². The molecule has 1 fully saturated rings. The van der Waals surface area contributed by atoms with E-state index in [1.165, 1.54) is 39.2 Å². The van der Waals surface area contributed by atoms with E-state index in [9.17, 15) is 4.79 Å². The van der Waals surface area contributed by atoms with Crippen LogP contribution in [0.2, 0.25) is 0 Å². The van der Waals surface area contributed by atoms with Crippen LogP contribution < -0.4 is 0 Å². The Morgan fingerprint density at radius 1 is 1.53 bits per heavy atom. The summed E-state index contributed by atoms with van der Waals surface area (Å²) in [4.78, 5) is 15.1. The van der Waals surface area contributed by atoms with Crippen LogP contribution in [0.4, 0.5) is 0 Å². The molecular weight excluding hydrogens is 218 g/mol. The molecule has 5 heteroatoms. The monoisotopic (exact) mass is 237 g/mol. The number of methoxy groups -OCH3 is 1. The number of carbonyl (C=O) groups is 1. The fourth-order valence-electron chi connectivity index (χ4n) is 2.43. The van der Waals surface area contributed by atoms with Gasteiger partial charge in [0.25, 0.3) is 5.82 Å². The van der Waals surface area contributed by atoms with Gasteiger partial charge in [-0.3, -0.25) is 4.68 Å². The van der Waals surface area contributed by atoms with Crippen LogP contribution in [-0.4, -0.2) is 27.8 Å². The quantitative estimate of drug-likeness (QED) is 0.735. The van der Waals surface area contributed by atoms with E-state index in [4.69, 9.17) is 0 Å². The zero-order valence-corrected chi connectivity index (χ0v) is 10.3. The van der Waals surface area contributed by atoms with E-state index >= 15 is 0 Å². The minimum absolute atomic E-state index is 0.147. The van der Waals surface area contributed by atoms with Crippen LogP contribution in [0, 0.1) is 5.92 Å². The van der Waals surface area contributed by atoms with Gasteiger partial charge in [-0.05, 0) is 18.8 Å². The molecule has 0 bridgehead atoms. The molecule has 0 atom stereocenters. The molecule has 17 heavy (non-hydrogen) atoms. The van der Waals surface area contributed by atoms with E-state index in [1.807, 2.05) is 0 Å². The summed E-state index contributed by atoms with van der Waals surface area (Å²) < 4.78 is 6.28. The molecule has 0 aromatic carbocycles. The van der Waals surface area contributed by atoms with E-state index in [0.717, 1.165) is 18.9 Å². The first-order valence-electron chi connectivity index (χ1n) is 6.27. The number of nitrogens with zero attached hydrogens (tertiary/aromatic N) is 3. The highest BCUT2D eigenvalue weighted by Gasteiger charge is 2.15. The standard InChI is InChI=1S/C12H19N3O2/c1-17-12(16)11-13-9-15(14-11)8-4-7-10-5-2-3-6-10/h9-10H,2-8H2,1H3. The highest BCUT2D eigenvalue weighted by atomic mass is 16.5. The van der Waals surface area contributed by atoms with E-state index in [2.05, 4.69) is 14.8 Å². The normalized spacial score (nSPS) is 16.3. The average Bonchev–Trinajstić information content (AvgIpc) is 2.99. The molecule has 1 aromatic rings. The number of hydrogen-bond donors (Lipinski definition) is 0. The summed E-state index contributed by atoms with van der Waals surface area (Å²) in [7, 11) is 1.34. The Morgan fingerprint density at radius 2 is 2.29 bits per heavy atom. The number of aryl methyl sites for hydroxylation is 1.